The normalized spacial score (nSPS) is 16.2. The fourth-order valence-electron chi connectivity index (χ4n) is 5.49. The number of nitrogens with one attached hydrogen (secondary N) is 1. The molecule has 3 rings (SSSR count). The number of benzene rings is 1. The van der Waals surface area contributed by atoms with Gasteiger partial charge in [0.2, 0.25) is 0 Å². The van der Waals surface area contributed by atoms with Crippen LogP contribution < -0.4 is 14.8 Å². The predicted molar refractivity (Wildman–Crippen MR) is 154 cm³/mol. The Labute approximate surface area is 246 Å². The molecule has 0 atom stereocenters. The smallest absolute Gasteiger partial charge is 0.336 e. The molecule has 0 spiro atoms. The zero-order valence-electron chi connectivity index (χ0n) is 25.1. The lowest BCUT2D eigenvalue weighted by molar-refractivity contribution is -0.170. The number of methoxy groups -OCH3 is 2. The molecule has 42 heavy (non-hydrogen) atoms. The molecule has 2 aromatic rings. The molecule has 1 saturated heterocycles. The quantitative estimate of drug-likeness (QED) is 0.245. The lowest BCUT2D eigenvalue weighted by Gasteiger charge is -2.49. The van der Waals surface area contributed by atoms with Crippen molar-refractivity contribution >= 4 is 17.9 Å². The molecule has 0 unspecified atom stereocenters. The molecule has 1 aromatic heterocycles. The maximum absolute atomic E-state index is 10.3. The standard InChI is InChI=1S/C24H35N3O2.C6H8O7/c1-23(2)14-20(15-24(3,4)26-23)27(16-18-9-11-25-12-10-18)17-19-7-8-21(28-5)22(13-19)29-6;7-3(8)1-6(13,5(11)12)2-4(9)10/h7-13,20,26H,14-17H2,1-6H3;13H,1-2H2,(H,7,8)(H,9,10)(H,11,12). The number of aromatic nitrogens is 1. The second-order valence-corrected chi connectivity index (χ2v) is 11.9. The Kier molecular flexibility index (Phi) is 11.8. The van der Waals surface area contributed by atoms with Crippen LogP contribution in [0.2, 0.25) is 0 Å². The van der Waals surface area contributed by atoms with Crippen molar-refractivity contribution < 1.29 is 44.3 Å². The molecular formula is C30H43N3O9. The minimum Gasteiger partial charge on any atom is -0.493 e. The maximum atomic E-state index is 10.3. The first kappa shape index (κ1) is 34.5. The Bertz CT molecular complexity index is 1190. The third-order valence-corrected chi connectivity index (χ3v) is 6.94. The second kappa shape index (κ2) is 14.4. The molecular weight excluding hydrogens is 546 g/mol. The van der Waals surface area contributed by atoms with E-state index in [-0.39, 0.29) is 11.1 Å². The number of aliphatic hydroxyl groups is 1. The maximum Gasteiger partial charge on any atom is 0.336 e. The van der Waals surface area contributed by atoms with Crippen molar-refractivity contribution in [3.05, 3.63) is 53.9 Å². The van der Waals surface area contributed by atoms with Crippen molar-refractivity contribution in [2.24, 2.45) is 0 Å². The van der Waals surface area contributed by atoms with Gasteiger partial charge in [-0.2, -0.15) is 0 Å². The highest BCUT2D eigenvalue weighted by molar-refractivity contribution is 5.88. The lowest BCUT2D eigenvalue weighted by Crippen LogP contribution is -2.62. The largest absolute Gasteiger partial charge is 0.493 e. The van der Waals surface area contributed by atoms with Gasteiger partial charge in [-0.25, -0.2) is 4.79 Å². The van der Waals surface area contributed by atoms with Gasteiger partial charge in [-0.05, 0) is 75.9 Å². The average molecular weight is 590 g/mol. The molecule has 0 amide bonds. The van der Waals surface area contributed by atoms with Crippen LogP contribution in [-0.2, 0) is 27.5 Å². The minimum absolute atomic E-state index is 0.0977. The van der Waals surface area contributed by atoms with Crippen molar-refractivity contribution in [2.75, 3.05) is 14.2 Å². The summed E-state index contributed by atoms with van der Waals surface area (Å²) in [5, 5.41) is 37.6. The molecule has 12 nitrogen and oxygen atoms in total. The molecule has 1 aliphatic rings. The van der Waals surface area contributed by atoms with E-state index in [0.29, 0.717) is 6.04 Å². The van der Waals surface area contributed by atoms with Crippen LogP contribution in [0.25, 0.3) is 0 Å². The number of ether oxygens (including phenoxy) is 2. The van der Waals surface area contributed by atoms with E-state index in [0.717, 1.165) is 37.4 Å². The van der Waals surface area contributed by atoms with Gasteiger partial charge in [0, 0.05) is 42.6 Å². The number of rotatable bonds is 12. The van der Waals surface area contributed by atoms with Gasteiger partial charge >= 0.3 is 17.9 Å². The molecule has 5 N–H and O–H groups in total. The molecule has 12 heteroatoms. The summed E-state index contributed by atoms with van der Waals surface area (Å²) in [4.78, 5) is 37.3. The van der Waals surface area contributed by atoms with Crippen molar-refractivity contribution in [1.29, 1.82) is 0 Å². The first-order valence-electron chi connectivity index (χ1n) is 13.5. The van der Waals surface area contributed by atoms with Crippen LogP contribution >= 0.6 is 0 Å². The number of pyridine rings is 1. The monoisotopic (exact) mass is 589 g/mol. The fraction of sp³-hybridized carbons (Fsp3) is 0.533. The molecule has 1 fully saturated rings. The van der Waals surface area contributed by atoms with Crippen molar-refractivity contribution in [3.63, 3.8) is 0 Å². The molecule has 0 saturated carbocycles. The Morgan fingerprint density at radius 2 is 1.38 bits per heavy atom. The van der Waals surface area contributed by atoms with Crippen molar-refractivity contribution in [1.82, 2.24) is 15.2 Å². The van der Waals surface area contributed by atoms with E-state index < -0.39 is 36.4 Å². The second-order valence-electron chi connectivity index (χ2n) is 11.9. The van der Waals surface area contributed by atoms with E-state index in [1.54, 1.807) is 14.2 Å². The summed E-state index contributed by atoms with van der Waals surface area (Å²) in [6.45, 7) is 11.0. The molecule has 2 heterocycles. The Morgan fingerprint density at radius 1 is 0.881 bits per heavy atom. The van der Waals surface area contributed by atoms with Gasteiger partial charge in [-0.1, -0.05) is 6.07 Å². The Hall–Kier alpha value is -3.74. The molecule has 232 valence electrons. The van der Waals surface area contributed by atoms with E-state index in [1.165, 1.54) is 11.1 Å². The third kappa shape index (κ3) is 10.6. The number of hydrogen-bond donors (Lipinski definition) is 5. The van der Waals surface area contributed by atoms with Gasteiger partial charge in [0.25, 0.3) is 0 Å². The highest BCUT2D eigenvalue weighted by Crippen LogP contribution is 2.34. The fourth-order valence-corrected chi connectivity index (χ4v) is 5.49. The number of carbonyl (C=O) groups is 3. The minimum atomic E-state index is -2.74. The van der Waals surface area contributed by atoms with Crippen molar-refractivity contribution in [3.8, 4) is 11.5 Å². The van der Waals surface area contributed by atoms with E-state index in [2.05, 4.69) is 67.2 Å². The molecule has 1 aliphatic heterocycles. The number of carboxylic acid groups (broad SMARTS) is 3. The first-order valence-corrected chi connectivity index (χ1v) is 13.5. The van der Waals surface area contributed by atoms with Crippen LogP contribution in [0.1, 0.15) is 64.5 Å². The highest BCUT2D eigenvalue weighted by Gasteiger charge is 2.41. The van der Waals surface area contributed by atoms with Gasteiger partial charge in [-0.15, -0.1) is 0 Å². The summed E-state index contributed by atoms with van der Waals surface area (Å²) in [5.74, 6) is -3.48. The van der Waals surface area contributed by atoms with Crippen LogP contribution in [0.15, 0.2) is 42.7 Å². The van der Waals surface area contributed by atoms with Gasteiger partial charge in [-0.3, -0.25) is 19.5 Å². The van der Waals surface area contributed by atoms with Gasteiger partial charge in [0.1, 0.15) is 0 Å². The number of piperidine rings is 1. The summed E-state index contributed by atoms with van der Waals surface area (Å²) in [6, 6.07) is 10.9. The van der Waals surface area contributed by atoms with Gasteiger partial charge in [0.15, 0.2) is 17.1 Å². The SMILES string of the molecule is COc1ccc(CN(Cc2ccncc2)C2CC(C)(C)NC(C)(C)C2)cc1OC.O=C(O)CC(O)(CC(=O)O)C(=O)O. The zero-order valence-corrected chi connectivity index (χ0v) is 25.1. The van der Waals surface area contributed by atoms with Gasteiger partial charge < -0.3 is 35.2 Å². The van der Waals surface area contributed by atoms with E-state index in [9.17, 15) is 14.4 Å². The lowest BCUT2D eigenvalue weighted by atomic mass is 9.79. The first-order chi connectivity index (χ1) is 19.5. The van der Waals surface area contributed by atoms with Crippen molar-refractivity contribution in [2.45, 2.75) is 89.2 Å². The number of nitrogens with zero attached hydrogens (tertiary/aromatic N) is 2. The average Bonchev–Trinajstić information content (AvgIpc) is 2.86. The van der Waals surface area contributed by atoms with Crippen LogP contribution in [-0.4, -0.2) is 85.2 Å². The van der Waals surface area contributed by atoms with E-state index in [1.807, 2.05) is 18.5 Å². The molecule has 0 bridgehead atoms. The summed E-state index contributed by atoms with van der Waals surface area (Å²) in [6.07, 6.45) is 3.67. The topological polar surface area (TPSA) is 179 Å². The summed E-state index contributed by atoms with van der Waals surface area (Å²) >= 11 is 0. The van der Waals surface area contributed by atoms with Crippen LogP contribution in [0.3, 0.4) is 0 Å². The van der Waals surface area contributed by atoms with Crippen LogP contribution in [0.5, 0.6) is 11.5 Å². The van der Waals surface area contributed by atoms with Crippen LogP contribution in [0.4, 0.5) is 0 Å². The molecule has 1 aromatic carbocycles. The number of carboxylic acids is 3. The Morgan fingerprint density at radius 3 is 1.83 bits per heavy atom. The molecule has 0 aliphatic carbocycles. The van der Waals surface area contributed by atoms with E-state index >= 15 is 0 Å². The third-order valence-electron chi connectivity index (χ3n) is 6.94. The Balaban J connectivity index is 0.000000401. The highest BCUT2D eigenvalue weighted by atomic mass is 16.5. The number of aliphatic carboxylic acids is 3. The van der Waals surface area contributed by atoms with E-state index in [4.69, 9.17) is 29.9 Å². The zero-order chi connectivity index (χ0) is 31.7. The molecule has 0 radical (unpaired) electrons. The summed E-state index contributed by atoms with van der Waals surface area (Å²) in [5.41, 5.74) is -0.0286. The van der Waals surface area contributed by atoms with Crippen LogP contribution in [0, 0.1) is 0 Å². The van der Waals surface area contributed by atoms with Gasteiger partial charge in [0.05, 0.1) is 27.1 Å². The summed E-state index contributed by atoms with van der Waals surface area (Å²) < 4.78 is 10.9. The number of hydrogen-bond acceptors (Lipinski definition) is 9. The predicted octanol–water partition coefficient (Wildman–Crippen LogP) is 3.16. The summed E-state index contributed by atoms with van der Waals surface area (Å²) in [7, 11) is 3.36.